The minimum Gasteiger partial charge on any atom is -0.206 e. The van der Waals surface area contributed by atoms with E-state index in [1.165, 1.54) is 24.3 Å². The van der Waals surface area contributed by atoms with Crippen LogP contribution in [0.3, 0.4) is 0 Å². The zero-order valence-electron chi connectivity index (χ0n) is 12.0. The Balaban J connectivity index is 2.36. The maximum Gasteiger partial charge on any atom is 0.142 e. The number of hydrogen-bond acceptors (Lipinski definition) is 0. The molecule has 0 saturated heterocycles. The highest BCUT2D eigenvalue weighted by molar-refractivity contribution is 5.47. The fraction of sp³-hybridized carbons (Fsp3) is 0.158. The van der Waals surface area contributed by atoms with E-state index in [1.54, 1.807) is 0 Å². The van der Waals surface area contributed by atoms with Crippen molar-refractivity contribution in [2.75, 3.05) is 0 Å². The molecule has 0 N–H and O–H groups in total. The zero-order chi connectivity index (χ0) is 16.1. The van der Waals surface area contributed by atoms with Gasteiger partial charge < -0.3 is 0 Å². The van der Waals surface area contributed by atoms with Crippen molar-refractivity contribution in [3.05, 3.63) is 70.0 Å². The number of terminal acetylenes is 1. The van der Waals surface area contributed by atoms with Crippen molar-refractivity contribution < 1.29 is 13.2 Å². The lowest BCUT2D eigenvalue weighted by atomic mass is 10.1. The summed E-state index contributed by atoms with van der Waals surface area (Å²) in [6.45, 7) is 1.93. The molecule has 0 aliphatic heterocycles. The molecule has 0 bridgehead atoms. The van der Waals surface area contributed by atoms with Gasteiger partial charge in [0.25, 0.3) is 0 Å². The minimum atomic E-state index is -0.711. The third-order valence-corrected chi connectivity index (χ3v) is 3.10. The fourth-order valence-corrected chi connectivity index (χ4v) is 2.02. The van der Waals surface area contributed by atoms with E-state index in [1.807, 2.05) is 6.92 Å². The highest BCUT2D eigenvalue weighted by Crippen LogP contribution is 2.16. The van der Waals surface area contributed by atoms with Crippen LogP contribution >= 0.6 is 0 Å². The Hall–Kier alpha value is -2.65. The van der Waals surface area contributed by atoms with Gasteiger partial charge in [0.05, 0.1) is 11.1 Å². The molecule has 0 heterocycles. The SMILES string of the molecule is C#Cc1ccc(C#Cc2c(F)cc(CCC)cc2F)cc1F. The van der Waals surface area contributed by atoms with Crippen LogP contribution in [0.4, 0.5) is 13.2 Å². The van der Waals surface area contributed by atoms with Gasteiger partial charge >= 0.3 is 0 Å². The number of rotatable bonds is 2. The smallest absolute Gasteiger partial charge is 0.142 e. The van der Waals surface area contributed by atoms with E-state index in [9.17, 15) is 13.2 Å². The maximum atomic E-state index is 13.9. The Morgan fingerprint density at radius 3 is 2.18 bits per heavy atom. The van der Waals surface area contributed by atoms with E-state index < -0.39 is 17.5 Å². The highest BCUT2D eigenvalue weighted by atomic mass is 19.1. The Labute approximate surface area is 128 Å². The molecule has 0 atom stereocenters. The van der Waals surface area contributed by atoms with Crippen LogP contribution in [0.25, 0.3) is 0 Å². The first-order valence-electron chi connectivity index (χ1n) is 6.81. The van der Waals surface area contributed by atoms with Gasteiger partial charge in [-0.3, -0.25) is 0 Å². The Morgan fingerprint density at radius 1 is 0.955 bits per heavy atom. The maximum absolute atomic E-state index is 13.9. The highest BCUT2D eigenvalue weighted by Gasteiger charge is 2.09. The first-order valence-corrected chi connectivity index (χ1v) is 6.81. The quantitative estimate of drug-likeness (QED) is 0.719. The Morgan fingerprint density at radius 2 is 1.64 bits per heavy atom. The van der Waals surface area contributed by atoms with Gasteiger partial charge in [0.2, 0.25) is 0 Å². The van der Waals surface area contributed by atoms with E-state index in [4.69, 9.17) is 6.42 Å². The van der Waals surface area contributed by atoms with Crippen molar-refractivity contribution in [2.45, 2.75) is 19.8 Å². The van der Waals surface area contributed by atoms with E-state index in [0.717, 1.165) is 12.5 Å². The second kappa shape index (κ2) is 6.87. The average Bonchev–Trinajstić information content (AvgIpc) is 2.47. The molecule has 0 amide bonds. The normalized spacial score (nSPS) is 9.77. The lowest BCUT2D eigenvalue weighted by Crippen LogP contribution is -1.95. The van der Waals surface area contributed by atoms with Crippen molar-refractivity contribution in [2.24, 2.45) is 0 Å². The van der Waals surface area contributed by atoms with Crippen LogP contribution in [0.1, 0.15) is 35.6 Å². The van der Waals surface area contributed by atoms with Crippen LogP contribution in [0, 0.1) is 41.6 Å². The lowest BCUT2D eigenvalue weighted by Gasteiger charge is -2.02. The predicted molar refractivity (Wildman–Crippen MR) is 80.7 cm³/mol. The van der Waals surface area contributed by atoms with Crippen LogP contribution in [0.2, 0.25) is 0 Å². The van der Waals surface area contributed by atoms with Gasteiger partial charge in [-0.15, -0.1) is 6.42 Å². The first-order chi connectivity index (χ1) is 10.5. The lowest BCUT2D eigenvalue weighted by molar-refractivity contribution is 0.573. The summed E-state index contributed by atoms with van der Waals surface area (Å²) in [4.78, 5) is 0. The van der Waals surface area contributed by atoms with Crippen molar-refractivity contribution in [3.8, 4) is 24.2 Å². The van der Waals surface area contributed by atoms with Gasteiger partial charge in [-0.05, 0) is 42.3 Å². The number of halogens is 3. The van der Waals surface area contributed by atoms with Crippen molar-refractivity contribution in [1.82, 2.24) is 0 Å². The molecule has 2 aromatic rings. The average molecular weight is 298 g/mol. The molecule has 0 aliphatic rings. The summed E-state index contributed by atoms with van der Waals surface area (Å²) >= 11 is 0. The topological polar surface area (TPSA) is 0 Å². The number of hydrogen-bond donors (Lipinski definition) is 0. The second-order valence-electron chi connectivity index (χ2n) is 4.77. The zero-order valence-corrected chi connectivity index (χ0v) is 12.0. The van der Waals surface area contributed by atoms with Gasteiger partial charge in [0.1, 0.15) is 17.5 Å². The Kier molecular flexibility index (Phi) is 4.92. The summed E-state index contributed by atoms with van der Waals surface area (Å²) in [7, 11) is 0. The Bertz CT molecular complexity index is 779. The molecule has 22 heavy (non-hydrogen) atoms. The summed E-state index contributed by atoms with van der Waals surface area (Å²) in [5.41, 5.74) is 0.688. The molecule has 0 saturated carbocycles. The van der Waals surface area contributed by atoms with Crippen molar-refractivity contribution in [3.63, 3.8) is 0 Å². The van der Waals surface area contributed by atoms with Gasteiger partial charge in [-0.1, -0.05) is 31.1 Å². The third kappa shape index (κ3) is 3.51. The molecule has 0 fully saturated rings. The monoisotopic (exact) mass is 298 g/mol. The second-order valence-corrected chi connectivity index (χ2v) is 4.77. The summed E-state index contributed by atoms with van der Waals surface area (Å²) in [5, 5.41) is 0. The minimum absolute atomic E-state index is 0.117. The van der Waals surface area contributed by atoms with Crippen molar-refractivity contribution in [1.29, 1.82) is 0 Å². The molecule has 0 aromatic heterocycles. The molecule has 3 heteroatoms. The molecule has 2 aromatic carbocycles. The van der Waals surface area contributed by atoms with Crippen LogP contribution in [-0.4, -0.2) is 0 Å². The summed E-state index contributed by atoms with van der Waals surface area (Å²) in [6, 6.07) is 6.60. The standard InChI is InChI=1S/C19H13F3/c1-3-5-14-11-18(21)16(19(22)12-14)9-7-13-6-8-15(4-2)17(20)10-13/h2,6,8,10-12H,3,5H2,1H3. The van der Waals surface area contributed by atoms with Crippen LogP contribution in [-0.2, 0) is 6.42 Å². The van der Waals surface area contributed by atoms with E-state index in [-0.39, 0.29) is 11.1 Å². The predicted octanol–water partition coefficient (Wildman–Crippen LogP) is 4.44. The fourth-order valence-electron chi connectivity index (χ4n) is 2.02. The molecule has 0 radical (unpaired) electrons. The summed E-state index contributed by atoms with van der Waals surface area (Å²) in [5.74, 6) is 5.14. The number of aryl methyl sites for hydroxylation is 1. The molecular weight excluding hydrogens is 285 g/mol. The van der Waals surface area contributed by atoms with E-state index in [0.29, 0.717) is 17.5 Å². The van der Waals surface area contributed by atoms with Crippen LogP contribution < -0.4 is 0 Å². The van der Waals surface area contributed by atoms with Crippen LogP contribution in [0.15, 0.2) is 30.3 Å². The number of benzene rings is 2. The summed E-state index contributed by atoms with van der Waals surface area (Å²) in [6.07, 6.45) is 6.51. The molecule has 0 unspecified atom stereocenters. The summed E-state index contributed by atoms with van der Waals surface area (Å²) < 4.78 is 41.3. The van der Waals surface area contributed by atoms with Crippen LogP contribution in [0.5, 0.6) is 0 Å². The van der Waals surface area contributed by atoms with E-state index in [2.05, 4.69) is 17.8 Å². The van der Waals surface area contributed by atoms with E-state index >= 15 is 0 Å². The largest absolute Gasteiger partial charge is 0.206 e. The third-order valence-electron chi connectivity index (χ3n) is 3.10. The molecule has 0 aliphatic carbocycles. The molecule has 0 nitrogen and oxygen atoms in total. The van der Waals surface area contributed by atoms with Gasteiger partial charge in [0.15, 0.2) is 0 Å². The first kappa shape index (κ1) is 15.7. The van der Waals surface area contributed by atoms with Gasteiger partial charge in [0, 0.05) is 5.56 Å². The molecular formula is C19H13F3. The van der Waals surface area contributed by atoms with Gasteiger partial charge in [-0.2, -0.15) is 0 Å². The molecule has 0 spiro atoms. The van der Waals surface area contributed by atoms with Crippen molar-refractivity contribution >= 4 is 0 Å². The van der Waals surface area contributed by atoms with Gasteiger partial charge in [-0.25, -0.2) is 13.2 Å². The molecule has 2 rings (SSSR count). The molecule has 110 valence electrons.